The van der Waals surface area contributed by atoms with E-state index in [2.05, 4.69) is 12.2 Å². The predicted octanol–water partition coefficient (Wildman–Crippen LogP) is 2.50. The van der Waals surface area contributed by atoms with E-state index < -0.39 is 0 Å². The van der Waals surface area contributed by atoms with E-state index in [0.29, 0.717) is 11.3 Å². The van der Waals surface area contributed by atoms with Crippen molar-refractivity contribution in [3.8, 4) is 0 Å². The number of nitrogen functional groups attached to an aromatic ring is 1. The molecule has 0 saturated carbocycles. The van der Waals surface area contributed by atoms with Crippen molar-refractivity contribution in [2.24, 2.45) is 0 Å². The number of benzene rings is 1. The molecule has 0 spiro atoms. The van der Waals surface area contributed by atoms with Crippen LogP contribution in [0.15, 0.2) is 18.2 Å². The van der Waals surface area contributed by atoms with Gasteiger partial charge in [0.05, 0.1) is 5.56 Å². The van der Waals surface area contributed by atoms with Crippen LogP contribution in [-0.2, 0) is 0 Å². The topological polar surface area (TPSA) is 55.1 Å². The van der Waals surface area contributed by atoms with E-state index in [4.69, 9.17) is 5.73 Å². The van der Waals surface area contributed by atoms with E-state index in [1.54, 1.807) is 6.07 Å². The molecule has 1 unspecified atom stereocenters. The highest BCUT2D eigenvalue weighted by Crippen LogP contribution is 2.14. The first-order valence-electron chi connectivity index (χ1n) is 5.71. The number of nitrogens with two attached hydrogens (primary N) is 1. The third-order valence-electron chi connectivity index (χ3n) is 2.55. The van der Waals surface area contributed by atoms with E-state index in [0.717, 1.165) is 18.4 Å². The number of rotatable bonds is 4. The number of amides is 1. The molecular weight excluding hydrogens is 200 g/mol. The molecule has 0 aliphatic rings. The van der Waals surface area contributed by atoms with Crippen LogP contribution in [0.4, 0.5) is 5.69 Å². The largest absolute Gasteiger partial charge is 0.398 e. The highest BCUT2D eigenvalue weighted by Gasteiger charge is 2.11. The van der Waals surface area contributed by atoms with Crippen LogP contribution >= 0.6 is 0 Å². The first-order valence-corrected chi connectivity index (χ1v) is 5.71. The van der Waals surface area contributed by atoms with Crippen LogP contribution in [0, 0.1) is 6.92 Å². The van der Waals surface area contributed by atoms with Gasteiger partial charge in [-0.25, -0.2) is 0 Å². The quantitative estimate of drug-likeness (QED) is 0.766. The number of nitrogens with one attached hydrogen (secondary N) is 1. The van der Waals surface area contributed by atoms with Crippen molar-refractivity contribution in [1.82, 2.24) is 5.32 Å². The van der Waals surface area contributed by atoms with Gasteiger partial charge in [-0.15, -0.1) is 0 Å². The van der Waals surface area contributed by atoms with Crippen LogP contribution in [0.2, 0.25) is 0 Å². The number of hydrogen-bond donors (Lipinski definition) is 2. The highest BCUT2D eigenvalue weighted by molar-refractivity contribution is 5.99. The molecular formula is C13H20N2O. The summed E-state index contributed by atoms with van der Waals surface area (Å²) < 4.78 is 0. The van der Waals surface area contributed by atoms with Gasteiger partial charge in [-0.05, 0) is 38.0 Å². The molecule has 3 N–H and O–H groups in total. The van der Waals surface area contributed by atoms with Crippen LogP contribution in [0.1, 0.15) is 42.6 Å². The van der Waals surface area contributed by atoms with Crippen LogP contribution in [0.5, 0.6) is 0 Å². The molecule has 0 saturated heterocycles. The Morgan fingerprint density at radius 3 is 2.75 bits per heavy atom. The summed E-state index contributed by atoms with van der Waals surface area (Å²) >= 11 is 0. The van der Waals surface area contributed by atoms with Crippen LogP contribution in [0.3, 0.4) is 0 Å². The Morgan fingerprint density at radius 1 is 1.50 bits per heavy atom. The second-order valence-electron chi connectivity index (χ2n) is 4.25. The van der Waals surface area contributed by atoms with E-state index in [9.17, 15) is 4.79 Å². The van der Waals surface area contributed by atoms with E-state index in [1.807, 2.05) is 26.0 Å². The fraction of sp³-hybridized carbons (Fsp3) is 0.462. The molecule has 1 aromatic rings. The van der Waals surface area contributed by atoms with Crippen molar-refractivity contribution in [3.05, 3.63) is 29.3 Å². The molecule has 1 aromatic carbocycles. The normalized spacial score (nSPS) is 12.2. The van der Waals surface area contributed by atoms with E-state index in [1.165, 1.54) is 0 Å². The van der Waals surface area contributed by atoms with E-state index >= 15 is 0 Å². The smallest absolute Gasteiger partial charge is 0.253 e. The minimum Gasteiger partial charge on any atom is -0.398 e. The van der Waals surface area contributed by atoms with Crippen molar-refractivity contribution >= 4 is 11.6 Å². The lowest BCUT2D eigenvalue weighted by Crippen LogP contribution is -2.32. The summed E-state index contributed by atoms with van der Waals surface area (Å²) in [7, 11) is 0. The Kier molecular flexibility index (Phi) is 4.35. The minimum atomic E-state index is -0.0848. The molecule has 1 atom stereocenters. The molecule has 1 amide bonds. The maximum Gasteiger partial charge on any atom is 0.253 e. The minimum absolute atomic E-state index is 0.0848. The van der Waals surface area contributed by atoms with Gasteiger partial charge in [0.25, 0.3) is 5.91 Å². The Morgan fingerprint density at radius 2 is 2.19 bits per heavy atom. The Labute approximate surface area is 97.0 Å². The fourth-order valence-electron chi connectivity index (χ4n) is 1.70. The van der Waals surface area contributed by atoms with Gasteiger partial charge in [-0.1, -0.05) is 19.4 Å². The Balaban J connectivity index is 2.73. The predicted molar refractivity (Wildman–Crippen MR) is 67.4 cm³/mol. The van der Waals surface area contributed by atoms with Crippen molar-refractivity contribution in [3.63, 3.8) is 0 Å². The zero-order chi connectivity index (χ0) is 12.1. The van der Waals surface area contributed by atoms with Crippen molar-refractivity contribution < 1.29 is 4.79 Å². The Hall–Kier alpha value is -1.51. The summed E-state index contributed by atoms with van der Waals surface area (Å²) in [5.74, 6) is -0.0848. The molecule has 16 heavy (non-hydrogen) atoms. The monoisotopic (exact) mass is 220 g/mol. The van der Waals surface area contributed by atoms with Gasteiger partial charge in [0, 0.05) is 11.7 Å². The Bertz CT molecular complexity index is 374. The van der Waals surface area contributed by atoms with Gasteiger partial charge in [0.15, 0.2) is 0 Å². The fourth-order valence-corrected chi connectivity index (χ4v) is 1.70. The second kappa shape index (κ2) is 5.54. The number of carbonyl (C=O) groups excluding carboxylic acids is 1. The second-order valence-corrected chi connectivity index (χ2v) is 4.25. The van der Waals surface area contributed by atoms with Gasteiger partial charge in [-0.3, -0.25) is 4.79 Å². The first kappa shape index (κ1) is 12.6. The van der Waals surface area contributed by atoms with Gasteiger partial charge >= 0.3 is 0 Å². The van der Waals surface area contributed by atoms with E-state index in [-0.39, 0.29) is 11.9 Å². The molecule has 3 heteroatoms. The molecule has 3 nitrogen and oxygen atoms in total. The average molecular weight is 220 g/mol. The van der Waals surface area contributed by atoms with Crippen molar-refractivity contribution in [2.45, 2.75) is 39.7 Å². The molecule has 0 aliphatic heterocycles. The lowest BCUT2D eigenvalue weighted by Gasteiger charge is -2.14. The van der Waals surface area contributed by atoms with Crippen LogP contribution in [-0.4, -0.2) is 11.9 Å². The number of anilines is 1. The lowest BCUT2D eigenvalue weighted by molar-refractivity contribution is 0.0939. The molecule has 0 aliphatic carbocycles. The number of hydrogen-bond acceptors (Lipinski definition) is 2. The third kappa shape index (κ3) is 3.26. The third-order valence-corrected chi connectivity index (χ3v) is 2.55. The number of carbonyl (C=O) groups is 1. The summed E-state index contributed by atoms with van der Waals surface area (Å²) in [4.78, 5) is 11.9. The van der Waals surface area contributed by atoms with Crippen molar-refractivity contribution in [2.75, 3.05) is 5.73 Å². The molecule has 0 radical (unpaired) electrons. The highest BCUT2D eigenvalue weighted by atomic mass is 16.1. The summed E-state index contributed by atoms with van der Waals surface area (Å²) in [6, 6.07) is 5.69. The van der Waals surface area contributed by atoms with Gasteiger partial charge in [0.1, 0.15) is 0 Å². The summed E-state index contributed by atoms with van der Waals surface area (Å²) in [5, 5.41) is 2.94. The molecule has 0 aromatic heterocycles. The van der Waals surface area contributed by atoms with Crippen LogP contribution < -0.4 is 11.1 Å². The van der Waals surface area contributed by atoms with Gasteiger partial charge in [0.2, 0.25) is 0 Å². The van der Waals surface area contributed by atoms with Gasteiger partial charge < -0.3 is 11.1 Å². The molecule has 0 fully saturated rings. The van der Waals surface area contributed by atoms with Crippen molar-refractivity contribution in [1.29, 1.82) is 0 Å². The average Bonchev–Trinajstić information content (AvgIpc) is 2.17. The summed E-state index contributed by atoms with van der Waals surface area (Å²) in [5.41, 5.74) is 7.98. The van der Waals surface area contributed by atoms with Crippen LogP contribution in [0.25, 0.3) is 0 Å². The maximum atomic E-state index is 11.9. The van der Waals surface area contributed by atoms with Gasteiger partial charge in [-0.2, -0.15) is 0 Å². The zero-order valence-electron chi connectivity index (χ0n) is 10.2. The first-order chi connectivity index (χ1) is 7.54. The lowest BCUT2D eigenvalue weighted by atomic mass is 10.1. The SMILES string of the molecule is CCCC(C)NC(=O)c1ccc(C)cc1N. The zero-order valence-corrected chi connectivity index (χ0v) is 10.2. The summed E-state index contributed by atoms with van der Waals surface area (Å²) in [6.07, 6.45) is 2.04. The standard InChI is InChI=1S/C13H20N2O/c1-4-5-10(3)15-13(16)11-7-6-9(2)8-12(11)14/h6-8,10H,4-5,14H2,1-3H3,(H,15,16). The summed E-state index contributed by atoms with van der Waals surface area (Å²) in [6.45, 7) is 6.06. The molecule has 0 heterocycles. The molecule has 88 valence electrons. The number of aryl methyl sites for hydroxylation is 1. The maximum absolute atomic E-state index is 11.9. The molecule has 1 rings (SSSR count). The molecule has 0 bridgehead atoms.